The number of carbonyl (C=O) groups is 1. The molecule has 1 unspecified atom stereocenters. The zero-order chi connectivity index (χ0) is 21.0. The predicted molar refractivity (Wildman–Crippen MR) is 125 cm³/mol. The number of hydrogen-bond acceptors (Lipinski definition) is 2. The number of nitrogens with one attached hydrogen (secondary N) is 1. The smallest absolute Gasteiger partial charge is 0.253 e. The van der Waals surface area contributed by atoms with Gasteiger partial charge in [-0.05, 0) is 81.8 Å². The number of piperidine rings is 1. The zero-order valence-corrected chi connectivity index (χ0v) is 18.6. The Morgan fingerprint density at radius 2 is 1.70 bits per heavy atom. The molecule has 1 amide bonds. The highest BCUT2D eigenvalue weighted by molar-refractivity contribution is 5.94. The molecular formula is C27H36N2O. The number of nitrogens with zero attached hydrogens (tertiary/aromatic N) is 1. The Balaban J connectivity index is 1.73. The van der Waals surface area contributed by atoms with Crippen LogP contribution in [0.4, 0.5) is 0 Å². The van der Waals surface area contributed by atoms with Crippen LogP contribution in [0.25, 0.3) is 5.57 Å². The van der Waals surface area contributed by atoms with Gasteiger partial charge in [-0.25, -0.2) is 0 Å². The fraction of sp³-hybridized carbons (Fsp3) is 0.519. The Hall–Kier alpha value is -2.13. The van der Waals surface area contributed by atoms with Crippen molar-refractivity contribution >= 4 is 11.5 Å². The van der Waals surface area contributed by atoms with Gasteiger partial charge in [0.25, 0.3) is 5.91 Å². The Morgan fingerprint density at radius 1 is 1.03 bits per heavy atom. The largest absolute Gasteiger partial charge is 0.339 e. The van der Waals surface area contributed by atoms with Crippen LogP contribution < -0.4 is 5.32 Å². The maximum Gasteiger partial charge on any atom is 0.253 e. The molecule has 1 heterocycles. The van der Waals surface area contributed by atoms with Crippen LogP contribution in [0.1, 0.15) is 68.3 Å². The third-order valence-corrected chi connectivity index (χ3v) is 7.02. The summed E-state index contributed by atoms with van der Waals surface area (Å²) in [7, 11) is 0. The van der Waals surface area contributed by atoms with Crippen molar-refractivity contribution in [1.82, 2.24) is 10.2 Å². The van der Waals surface area contributed by atoms with Crippen LogP contribution in [-0.4, -0.2) is 37.0 Å². The van der Waals surface area contributed by atoms with Gasteiger partial charge in [0.1, 0.15) is 0 Å². The molecular weight excluding hydrogens is 368 g/mol. The molecule has 2 fully saturated rings. The molecule has 1 aromatic rings. The molecule has 3 heteroatoms. The molecule has 1 N–H and O–H groups in total. The van der Waals surface area contributed by atoms with Gasteiger partial charge in [-0.15, -0.1) is 0 Å². The number of rotatable bonds is 7. The minimum atomic E-state index is 0.104. The molecule has 0 spiro atoms. The maximum absolute atomic E-state index is 12.8. The monoisotopic (exact) mass is 404 g/mol. The third-order valence-electron chi connectivity index (χ3n) is 7.02. The van der Waals surface area contributed by atoms with Crippen LogP contribution >= 0.6 is 0 Å². The lowest BCUT2D eigenvalue weighted by Crippen LogP contribution is -2.30. The van der Waals surface area contributed by atoms with Crippen molar-refractivity contribution in [3.05, 3.63) is 65.3 Å². The van der Waals surface area contributed by atoms with Gasteiger partial charge in [-0.1, -0.05) is 54.9 Å². The first-order valence-electron chi connectivity index (χ1n) is 11.8. The second-order valence-corrected chi connectivity index (χ2v) is 9.08. The fourth-order valence-electron chi connectivity index (χ4n) is 5.24. The molecule has 4 rings (SSSR count). The molecule has 2 aliphatic carbocycles. The highest BCUT2D eigenvalue weighted by atomic mass is 16.2. The van der Waals surface area contributed by atoms with Gasteiger partial charge in [-0.2, -0.15) is 0 Å². The van der Waals surface area contributed by atoms with Crippen LogP contribution in [0.2, 0.25) is 0 Å². The van der Waals surface area contributed by atoms with E-state index in [-0.39, 0.29) is 11.3 Å². The van der Waals surface area contributed by atoms with E-state index < -0.39 is 0 Å². The summed E-state index contributed by atoms with van der Waals surface area (Å²) in [5.74, 6) is 0.998. The third kappa shape index (κ3) is 4.46. The number of amides is 1. The molecule has 30 heavy (non-hydrogen) atoms. The maximum atomic E-state index is 12.8. The van der Waals surface area contributed by atoms with E-state index in [0.717, 1.165) is 56.9 Å². The van der Waals surface area contributed by atoms with Crippen molar-refractivity contribution in [3.8, 4) is 0 Å². The predicted octanol–water partition coefficient (Wildman–Crippen LogP) is 5.61. The molecule has 0 bridgehead atoms. The lowest BCUT2D eigenvalue weighted by Gasteiger charge is -2.38. The standard InChI is InChI=1S/C27H36N2O/c1-3-29(4-2)26(30)24-12-10-22(11-13-24)25(23-14-18-28-19-15-23)27(20-21-8-9-21)16-6-5-7-17-27/h5-7,10-13,16,21,28H,3-4,8-9,14-15,17-20H2,1-2H3. The van der Waals surface area contributed by atoms with Crippen molar-refractivity contribution in [3.63, 3.8) is 0 Å². The first kappa shape index (κ1) is 21.1. The quantitative estimate of drug-likeness (QED) is 0.641. The van der Waals surface area contributed by atoms with E-state index in [1.54, 1.807) is 11.1 Å². The van der Waals surface area contributed by atoms with Gasteiger partial charge >= 0.3 is 0 Å². The van der Waals surface area contributed by atoms with Crippen molar-refractivity contribution in [2.75, 3.05) is 26.2 Å². The van der Waals surface area contributed by atoms with E-state index in [4.69, 9.17) is 0 Å². The molecule has 1 saturated heterocycles. The normalized spacial score (nSPS) is 23.5. The van der Waals surface area contributed by atoms with Crippen molar-refractivity contribution in [1.29, 1.82) is 0 Å². The van der Waals surface area contributed by atoms with Gasteiger partial charge < -0.3 is 10.2 Å². The molecule has 1 saturated carbocycles. The summed E-state index contributed by atoms with van der Waals surface area (Å²) in [5, 5.41) is 3.52. The Morgan fingerprint density at radius 3 is 2.27 bits per heavy atom. The molecule has 0 aromatic heterocycles. The van der Waals surface area contributed by atoms with Gasteiger partial charge in [0, 0.05) is 24.1 Å². The van der Waals surface area contributed by atoms with Crippen LogP contribution in [0.15, 0.2) is 54.1 Å². The number of benzene rings is 1. The second-order valence-electron chi connectivity index (χ2n) is 9.08. The molecule has 3 aliphatic rings. The van der Waals surface area contributed by atoms with Gasteiger partial charge in [0.15, 0.2) is 0 Å². The fourth-order valence-corrected chi connectivity index (χ4v) is 5.24. The Bertz CT molecular complexity index is 832. The summed E-state index contributed by atoms with van der Waals surface area (Å²) in [4.78, 5) is 14.7. The van der Waals surface area contributed by atoms with E-state index in [9.17, 15) is 4.79 Å². The van der Waals surface area contributed by atoms with Crippen molar-refractivity contribution in [2.45, 2.75) is 52.4 Å². The Kier molecular flexibility index (Phi) is 6.58. The zero-order valence-electron chi connectivity index (χ0n) is 18.6. The van der Waals surface area contributed by atoms with Gasteiger partial charge in [0.2, 0.25) is 0 Å². The summed E-state index contributed by atoms with van der Waals surface area (Å²) >= 11 is 0. The average molecular weight is 405 g/mol. The van der Waals surface area contributed by atoms with Crippen molar-refractivity contribution in [2.24, 2.45) is 11.3 Å². The van der Waals surface area contributed by atoms with E-state index >= 15 is 0 Å². The minimum absolute atomic E-state index is 0.104. The topological polar surface area (TPSA) is 32.3 Å². The van der Waals surface area contributed by atoms with E-state index in [1.807, 2.05) is 30.9 Å². The molecule has 1 atom stereocenters. The lowest BCUT2D eigenvalue weighted by atomic mass is 9.66. The van der Waals surface area contributed by atoms with E-state index in [0.29, 0.717) is 0 Å². The molecule has 160 valence electrons. The van der Waals surface area contributed by atoms with Crippen LogP contribution in [-0.2, 0) is 0 Å². The van der Waals surface area contributed by atoms with E-state index in [2.05, 4.69) is 41.8 Å². The second kappa shape index (κ2) is 9.34. The lowest BCUT2D eigenvalue weighted by molar-refractivity contribution is 0.0773. The SMILES string of the molecule is CCN(CC)C(=O)c1ccc(C(=C2CCNCC2)C2(CC3CC3)C=CC=CC2)cc1. The average Bonchev–Trinajstić information content (AvgIpc) is 3.60. The number of carbonyl (C=O) groups excluding carboxylic acids is 1. The summed E-state index contributed by atoms with van der Waals surface area (Å²) in [6, 6.07) is 8.51. The molecule has 1 aliphatic heterocycles. The summed E-state index contributed by atoms with van der Waals surface area (Å²) in [6.45, 7) is 7.72. The van der Waals surface area contributed by atoms with Gasteiger partial charge in [0.05, 0.1) is 0 Å². The highest BCUT2D eigenvalue weighted by Gasteiger charge is 2.39. The first-order chi connectivity index (χ1) is 14.7. The number of hydrogen-bond donors (Lipinski definition) is 1. The molecule has 3 nitrogen and oxygen atoms in total. The van der Waals surface area contributed by atoms with Gasteiger partial charge in [-0.3, -0.25) is 4.79 Å². The molecule has 1 aromatic carbocycles. The first-order valence-corrected chi connectivity index (χ1v) is 11.8. The minimum Gasteiger partial charge on any atom is -0.339 e. The van der Waals surface area contributed by atoms with E-state index in [1.165, 1.54) is 24.8 Å². The molecule has 0 radical (unpaired) electrons. The van der Waals surface area contributed by atoms with Crippen LogP contribution in [0.3, 0.4) is 0 Å². The number of allylic oxidation sites excluding steroid dienone is 5. The Labute approximate surface area is 181 Å². The summed E-state index contributed by atoms with van der Waals surface area (Å²) in [5.41, 5.74) is 5.36. The highest BCUT2D eigenvalue weighted by Crippen LogP contribution is 2.53. The van der Waals surface area contributed by atoms with Crippen LogP contribution in [0.5, 0.6) is 0 Å². The summed E-state index contributed by atoms with van der Waals surface area (Å²) in [6.07, 6.45) is 16.6. The summed E-state index contributed by atoms with van der Waals surface area (Å²) < 4.78 is 0. The van der Waals surface area contributed by atoms with Crippen molar-refractivity contribution < 1.29 is 4.79 Å². The van der Waals surface area contributed by atoms with Crippen LogP contribution in [0, 0.1) is 11.3 Å².